The number of hydrogen-bond donors (Lipinski definition) is 0. The number of carbonyl (C=O) groups excluding carboxylic acids is 1. The minimum absolute atomic E-state index is 0.0818. The molecule has 4 aromatic rings. The van der Waals surface area contributed by atoms with Crippen LogP contribution in [-0.2, 0) is 4.79 Å². The number of oxazole rings is 1. The summed E-state index contributed by atoms with van der Waals surface area (Å²) < 4.78 is 12.3. The molecule has 0 radical (unpaired) electrons. The van der Waals surface area contributed by atoms with Gasteiger partial charge in [-0.15, -0.1) is 0 Å². The molecule has 2 aromatic heterocycles. The minimum Gasteiger partial charge on any atom is -0.488 e. The zero-order valence-electron chi connectivity index (χ0n) is 18.4. The molecule has 33 heavy (non-hydrogen) atoms. The lowest BCUT2D eigenvalue weighted by molar-refractivity contribution is -0.134. The molecule has 0 N–H and O–H groups in total. The number of benzene rings is 2. The molecular formula is C26H26N4O3. The number of ether oxygens (including phenoxy) is 1. The van der Waals surface area contributed by atoms with Crippen LogP contribution in [0.15, 0.2) is 65.2 Å². The monoisotopic (exact) mass is 442 g/mol. The molecule has 0 aliphatic carbocycles. The minimum atomic E-state index is -0.210. The van der Waals surface area contributed by atoms with Crippen LogP contribution in [0.25, 0.3) is 22.0 Å². The van der Waals surface area contributed by atoms with Crippen molar-refractivity contribution in [1.29, 1.82) is 0 Å². The summed E-state index contributed by atoms with van der Waals surface area (Å²) in [6, 6.07) is 18.1. The first kappa shape index (κ1) is 20.0. The summed E-state index contributed by atoms with van der Waals surface area (Å²) in [6.07, 6.45) is 5.28. The van der Waals surface area contributed by atoms with Gasteiger partial charge in [-0.25, -0.2) is 0 Å². The largest absolute Gasteiger partial charge is 0.488 e. The normalized spacial score (nSPS) is 19.5. The molecular weight excluding hydrogens is 416 g/mol. The van der Waals surface area contributed by atoms with Crippen LogP contribution in [0.4, 0.5) is 6.01 Å². The Balaban J connectivity index is 1.12. The lowest BCUT2D eigenvalue weighted by atomic mass is 10.1. The van der Waals surface area contributed by atoms with E-state index in [1.54, 1.807) is 6.20 Å². The number of nitrogens with zero attached hydrogens (tertiary/aromatic N) is 4. The Morgan fingerprint density at radius 1 is 0.970 bits per heavy atom. The van der Waals surface area contributed by atoms with Crippen molar-refractivity contribution in [3.8, 4) is 5.75 Å². The first-order valence-corrected chi connectivity index (χ1v) is 11.7. The van der Waals surface area contributed by atoms with Crippen LogP contribution in [0, 0.1) is 0 Å². The molecule has 2 aliphatic rings. The fourth-order valence-electron chi connectivity index (χ4n) is 4.99. The number of rotatable bonds is 4. The first-order valence-electron chi connectivity index (χ1n) is 11.7. The molecule has 2 fully saturated rings. The standard InChI is InChI=1S/C26H26N4O3/c31-25(21-9-5-15-30(21)26-28-20-8-1-2-10-22(20)33-26)29-16-12-19(13-17-29)32-23-11-3-6-18-7-4-14-27-24(18)23/h1-4,6-8,10-11,14,19,21H,5,9,12-13,15-17H2. The molecule has 1 amide bonds. The Hall–Kier alpha value is -3.61. The van der Waals surface area contributed by atoms with Gasteiger partial charge in [0.25, 0.3) is 6.01 Å². The molecule has 2 aromatic carbocycles. The fraction of sp³-hybridized carbons (Fsp3) is 0.346. The summed E-state index contributed by atoms with van der Waals surface area (Å²) in [5, 5.41) is 1.07. The predicted molar refractivity (Wildman–Crippen MR) is 126 cm³/mol. The molecule has 1 atom stereocenters. The van der Waals surface area contributed by atoms with Gasteiger partial charge in [-0.3, -0.25) is 9.78 Å². The van der Waals surface area contributed by atoms with E-state index in [2.05, 4.69) is 9.97 Å². The number of pyridine rings is 1. The average molecular weight is 443 g/mol. The predicted octanol–water partition coefficient (Wildman–Crippen LogP) is 4.41. The van der Waals surface area contributed by atoms with Gasteiger partial charge < -0.3 is 19.0 Å². The zero-order valence-corrected chi connectivity index (χ0v) is 18.4. The van der Waals surface area contributed by atoms with Gasteiger partial charge in [-0.05, 0) is 37.1 Å². The summed E-state index contributed by atoms with van der Waals surface area (Å²) in [5.41, 5.74) is 2.47. The van der Waals surface area contributed by atoms with Crippen molar-refractivity contribution >= 4 is 33.9 Å². The van der Waals surface area contributed by atoms with Crippen LogP contribution in [-0.4, -0.2) is 52.6 Å². The number of hydrogen-bond acceptors (Lipinski definition) is 6. The van der Waals surface area contributed by atoms with E-state index in [0.29, 0.717) is 19.1 Å². The maximum atomic E-state index is 13.4. The van der Waals surface area contributed by atoms with Crippen molar-refractivity contribution in [2.45, 2.75) is 37.8 Å². The highest BCUT2D eigenvalue weighted by molar-refractivity contribution is 5.86. The number of likely N-dealkylation sites (tertiary alicyclic amines) is 1. The Labute approximate surface area is 192 Å². The van der Waals surface area contributed by atoms with Gasteiger partial charge in [-0.2, -0.15) is 4.98 Å². The first-order chi connectivity index (χ1) is 16.3. The second-order valence-corrected chi connectivity index (χ2v) is 8.79. The van der Waals surface area contributed by atoms with Crippen molar-refractivity contribution < 1.29 is 13.9 Å². The molecule has 168 valence electrons. The second-order valence-electron chi connectivity index (χ2n) is 8.79. The van der Waals surface area contributed by atoms with Crippen LogP contribution >= 0.6 is 0 Å². The van der Waals surface area contributed by atoms with E-state index in [1.807, 2.05) is 64.4 Å². The van der Waals surface area contributed by atoms with Gasteiger partial charge in [0.05, 0.1) is 0 Å². The lowest BCUT2D eigenvalue weighted by Gasteiger charge is -2.35. The van der Waals surface area contributed by atoms with Crippen molar-refractivity contribution in [1.82, 2.24) is 14.9 Å². The molecule has 2 aliphatic heterocycles. The molecule has 6 rings (SSSR count). The van der Waals surface area contributed by atoms with E-state index < -0.39 is 0 Å². The number of aromatic nitrogens is 2. The van der Waals surface area contributed by atoms with E-state index in [-0.39, 0.29) is 18.1 Å². The molecule has 1 unspecified atom stereocenters. The fourth-order valence-corrected chi connectivity index (χ4v) is 4.99. The summed E-state index contributed by atoms with van der Waals surface area (Å²) in [7, 11) is 0. The molecule has 0 spiro atoms. The summed E-state index contributed by atoms with van der Waals surface area (Å²) in [4.78, 5) is 26.5. The van der Waals surface area contributed by atoms with E-state index in [9.17, 15) is 4.79 Å². The number of piperidine rings is 1. The highest BCUT2D eigenvalue weighted by atomic mass is 16.5. The maximum absolute atomic E-state index is 13.4. The summed E-state index contributed by atoms with van der Waals surface area (Å²) in [6.45, 7) is 2.18. The number of anilines is 1. The van der Waals surface area contributed by atoms with Crippen molar-refractivity contribution in [3.63, 3.8) is 0 Å². The zero-order chi connectivity index (χ0) is 22.2. The topological polar surface area (TPSA) is 71.7 Å². The third kappa shape index (κ3) is 3.77. The van der Waals surface area contributed by atoms with Crippen molar-refractivity contribution in [3.05, 3.63) is 60.8 Å². The number of amides is 1. The van der Waals surface area contributed by atoms with Gasteiger partial charge in [0.15, 0.2) is 5.58 Å². The molecule has 7 heteroatoms. The Morgan fingerprint density at radius 3 is 2.70 bits per heavy atom. The molecule has 4 heterocycles. The Bertz CT molecular complexity index is 1260. The van der Waals surface area contributed by atoms with Crippen molar-refractivity contribution in [2.75, 3.05) is 24.5 Å². The van der Waals surface area contributed by atoms with Crippen LogP contribution in [0.1, 0.15) is 25.7 Å². The third-order valence-electron chi connectivity index (χ3n) is 6.71. The summed E-state index contributed by atoms with van der Waals surface area (Å²) in [5.74, 6) is 0.982. The smallest absolute Gasteiger partial charge is 0.299 e. The highest BCUT2D eigenvalue weighted by Crippen LogP contribution is 2.31. The van der Waals surface area contributed by atoms with E-state index >= 15 is 0 Å². The number of para-hydroxylation sites is 3. The SMILES string of the molecule is O=C(C1CCCN1c1nc2ccccc2o1)N1CCC(Oc2cccc3cccnc23)CC1. The quantitative estimate of drug-likeness (QED) is 0.466. The van der Waals surface area contributed by atoms with Crippen LogP contribution in [0.3, 0.4) is 0 Å². The van der Waals surface area contributed by atoms with Crippen LogP contribution in [0.5, 0.6) is 5.75 Å². The van der Waals surface area contributed by atoms with Gasteiger partial charge in [0, 0.05) is 44.1 Å². The van der Waals surface area contributed by atoms with Crippen LogP contribution < -0.4 is 9.64 Å². The Morgan fingerprint density at radius 2 is 1.82 bits per heavy atom. The van der Waals surface area contributed by atoms with Gasteiger partial charge in [-0.1, -0.05) is 30.3 Å². The lowest BCUT2D eigenvalue weighted by Crippen LogP contribution is -2.50. The highest BCUT2D eigenvalue weighted by Gasteiger charge is 2.37. The van der Waals surface area contributed by atoms with E-state index in [0.717, 1.165) is 60.0 Å². The molecule has 2 saturated heterocycles. The second kappa shape index (κ2) is 8.39. The molecule has 0 bridgehead atoms. The van der Waals surface area contributed by atoms with E-state index in [4.69, 9.17) is 9.15 Å². The van der Waals surface area contributed by atoms with Crippen molar-refractivity contribution in [2.24, 2.45) is 0 Å². The Kier molecular flexibility index (Phi) is 5.09. The average Bonchev–Trinajstić information content (AvgIpc) is 3.51. The summed E-state index contributed by atoms with van der Waals surface area (Å²) >= 11 is 0. The van der Waals surface area contributed by atoms with Gasteiger partial charge in [0.1, 0.15) is 28.9 Å². The number of carbonyl (C=O) groups is 1. The van der Waals surface area contributed by atoms with Gasteiger partial charge in [0.2, 0.25) is 5.91 Å². The van der Waals surface area contributed by atoms with Gasteiger partial charge >= 0.3 is 0 Å². The third-order valence-corrected chi connectivity index (χ3v) is 6.71. The maximum Gasteiger partial charge on any atom is 0.299 e. The van der Waals surface area contributed by atoms with E-state index in [1.165, 1.54) is 0 Å². The number of fused-ring (bicyclic) bond motifs is 2. The van der Waals surface area contributed by atoms with Crippen LogP contribution in [0.2, 0.25) is 0 Å². The molecule has 7 nitrogen and oxygen atoms in total. The molecule has 0 saturated carbocycles.